The molecule has 0 aliphatic rings. The molecule has 1 heterocycles. The largest absolute Gasteiger partial charge is 0.504 e. The molecule has 0 saturated carbocycles. The number of aromatic hydroxyl groups is 1. The standard InChI is InChI=1S/C18H14N2O3/c1-23-18-11-13(4-7-17(18)22)16(21)6-3-12-2-5-14-15(10-12)20-9-8-19-14/h2-11,22H,1H3/b6-3+. The highest BCUT2D eigenvalue weighted by molar-refractivity contribution is 6.07. The molecule has 0 amide bonds. The van der Waals surface area contributed by atoms with Crippen LogP contribution in [0, 0.1) is 0 Å². The zero-order chi connectivity index (χ0) is 16.2. The third-order valence-corrected chi connectivity index (χ3v) is 3.38. The maximum atomic E-state index is 12.2. The van der Waals surface area contributed by atoms with Gasteiger partial charge in [-0.25, -0.2) is 0 Å². The first-order chi connectivity index (χ1) is 11.2. The minimum absolute atomic E-state index is 0.00105. The zero-order valence-electron chi connectivity index (χ0n) is 12.4. The molecule has 0 atom stereocenters. The van der Waals surface area contributed by atoms with E-state index in [0.717, 1.165) is 16.6 Å². The maximum Gasteiger partial charge on any atom is 0.185 e. The highest BCUT2D eigenvalue weighted by atomic mass is 16.5. The van der Waals surface area contributed by atoms with Gasteiger partial charge in [-0.3, -0.25) is 14.8 Å². The van der Waals surface area contributed by atoms with Crippen LogP contribution in [-0.2, 0) is 0 Å². The van der Waals surface area contributed by atoms with Crippen LogP contribution in [0.5, 0.6) is 11.5 Å². The Balaban J connectivity index is 1.84. The number of carbonyl (C=O) groups excluding carboxylic acids is 1. The van der Waals surface area contributed by atoms with Crippen molar-refractivity contribution in [1.29, 1.82) is 0 Å². The van der Waals surface area contributed by atoms with Crippen molar-refractivity contribution in [2.75, 3.05) is 7.11 Å². The number of hydrogen-bond donors (Lipinski definition) is 1. The number of nitrogens with zero attached hydrogens (tertiary/aromatic N) is 2. The normalized spacial score (nSPS) is 11.0. The Labute approximate surface area is 132 Å². The van der Waals surface area contributed by atoms with Crippen molar-refractivity contribution in [2.24, 2.45) is 0 Å². The van der Waals surface area contributed by atoms with Crippen molar-refractivity contribution in [3.8, 4) is 11.5 Å². The Bertz CT molecular complexity index is 904. The van der Waals surface area contributed by atoms with Crippen molar-refractivity contribution in [2.45, 2.75) is 0 Å². The van der Waals surface area contributed by atoms with Gasteiger partial charge in [-0.15, -0.1) is 0 Å². The summed E-state index contributed by atoms with van der Waals surface area (Å²) < 4.78 is 5.01. The lowest BCUT2D eigenvalue weighted by Gasteiger charge is -2.04. The number of carbonyl (C=O) groups is 1. The van der Waals surface area contributed by atoms with E-state index in [1.54, 1.807) is 24.5 Å². The number of ether oxygens (including phenoxy) is 1. The highest BCUT2D eigenvalue weighted by Gasteiger charge is 2.07. The van der Waals surface area contributed by atoms with E-state index < -0.39 is 0 Å². The number of phenols is 1. The van der Waals surface area contributed by atoms with Gasteiger partial charge in [0, 0.05) is 18.0 Å². The minimum Gasteiger partial charge on any atom is -0.504 e. The van der Waals surface area contributed by atoms with Gasteiger partial charge in [0.15, 0.2) is 17.3 Å². The number of rotatable bonds is 4. The number of phenolic OH excluding ortho intramolecular Hbond substituents is 1. The lowest BCUT2D eigenvalue weighted by atomic mass is 10.1. The van der Waals surface area contributed by atoms with E-state index in [1.807, 2.05) is 18.2 Å². The van der Waals surface area contributed by atoms with Crippen LogP contribution in [0.3, 0.4) is 0 Å². The molecule has 1 aromatic heterocycles. The first-order valence-electron chi connectivity index (χ1n) is 6.97. The second-order valence-electron chi connectivity index (χ2n) is 4.89. The first-order valence-corrected chi connectivity index (χ1v) is 6.97. The van der Waals surface area contributed by atoms with Crippen LogP contribution < -0.4 is 4.74 Å². The molecule has 1 N–H and O–H groups in total. The molecule has 0 saturated heterocycles. The molecule has 5 nitrogen and oxygen atoms in total. The minimum atomic E-state index is -0.178. The molecule has 2 aromatic carbocycles. The fraction of sp³-hybridized carbons (Fsp3) is 0.0556. The molecule has 0 unspecified atom stereocenters. The average Bonchev–Trinajstić information content (AvgIpc) is 2.60. The van der Waals surface area contributed by atoms with Crippen LogP contribution in [0.1, 0.15) is 15.9 Å². The van der Waals surface area contributed by atoms with Gasteiger partial charge in [0.05, 0.1) is 18.1 Å². The first kappa shape index (κ1) is 14.7. The Morgan fingerprint density at radius 1 is 1.09 bits per heavy atom. The quantitative estimate of drug-likeness (QED) is 0.592. The summed E-state index contributed by atoms with van der Waals surface area (Å²) in [5.74, 6) is 0.0916. The molecule has 0 fully saturated rings. The second kappa shape index (κ2) is 6.27. The third-order valence-electron chi connectivity index (χ3n) is 3.38. The number of hydrogen-bond acceptors (Lipinski definition) is 5. The van der Waals surface area contributed by atoms with Crippen molar-refractivity contribution < 1.29 is 14.6 Å². The summed E-state index contributed by atoms with van der Waals surface area (Å²) in [5, 5.41) is 9.56. The van der Waals surface area contributed by atoms with Gasteiger partial charge in [-0.05, 0) is 42.0 Å². The molecule has 0 radical (unpaired) electrons. The van der Waals surface area contributed by atoms with Crippen molar-refractivity contribution in [1.82, 2.24) is 9.97 Å². The SMILES string of the molecule is COc1cc(C(=O)/C=C/c2ccc3nccnc3c2)ccc1O. The van der Waals surface area contributed by atoms with Crippen LogP contribution in [-0.4, -0.2) is 28.0 Å². The molecule has 5 heteroatoms. The van der Waals surface area contributed by atoms with Gasteiger partial charge in [-0.1, -0.05) is 12.1 Å². The Kier molecular flexibility index (Phi) is 4.01. The number of allylic oxidation sites excluding steroid dienone is 1. The van der Waals surface area contributed by atoms with Gasteiger partial charge < -0.3 is 9.84 Å². The van der Waals surface area contributed by atoms with Crippen molar-refractivity contribution in [3.05, 3.63) is 66.0 Å². The fourth-order valence-electron chi connectivity index (χ4n) is 2.18. The van der Waals surface area contributed by atoms with Gasteiger partial charge in [0.1, 0.15) is 0 Å². The Morgan fingerprint density at radius 2 is 1.87 bits per heavy atom. The number of fused-ring (bicyclic) bond motifs is 1. The van der Waals surface area contributed by atoms with Crippen molar-refractivity contribution >= 4 is 22.9 Å². The molecule has 23 heavy (non-hydrogen) atoms. The van der Waals surface area contributed by atoms with Crippen LogP contribution >= 0.6 is 0 Å². The Hall–Kier alpha value is -3.21. The second-order valence-corrected chi connectivity index (χ2v) is 4.89. The molecular weight excluding hydrogens is 292 g/mol. The van der Waals surface area contributed by atoms with E-state index in [-0.39, 0.29) is 17.3 Å². The molecule has 3 rings (SSSR count). The summed E-state index contributed by atoms with van der Waals surface area (Å²) in [6.45, 7) is 0. The summed E-state index contributed by atoms with van der Waals surface area (Å²) in [6.07, 6.45) is 6.46. The third kappa shape index (κ3) is 3.18. The predicted molar refractivity (Wildman–Crippen MR) is 87.6 cm³/mol. The van der Waals surface area contributed by atoms with E-state index in [0.29, 0.717) is 5.56 Å². The molecule has 0 aliphatic heterocycles. The van der Waals surface area contributed by atoms with E-state index in [2.05, 4.69) is 9.97 Å². The molecule has 114 valence electrons. The summed E-state index contributed by atoms with van der Waals surface area (Å²) in [4.78, 5) is 20.6. The lowest BCUT2D eigenvalue weighted by molar-refractivity contribution is 0.104. The number of ketones is 1. The average molecular weight is 306 g/mol. The Morgan fingerprint density at radius 3 is 2.65 bits per heavy atom. The van der Waals surface area contributed by atoms with Gasteiger partial charge >= 0.3 is 0 Å². The zero-order valence-corrected chi connectivity index (χ0v) is 12.4. The number of aromatic nitrogens is 2. The highest BCUT2D eigenvalue weighted by Crippen LogP contribution is 2.26. The van der Waals surface area contributed by atoms with E-state index in [9.17, 15) is 9.90 Å². The van der Waals surface area contributed by atoms with Crippen molar-refractivity contribution in [3.63, 3.8) is 0 Å². The smallest absolute Gasteiger partial charge is 0.185 e. The van der Waals surface area contributed by atoms with Crippen LogP contribution in [0.4, 0.5) is 0 Å². The van der Waals surface area contributed by atoms with Gasteiger partial charge in [0.2, 0.25) is 0 Å². The van der Waals surface area contributed by atoms with Gasteiger partial charge in [-0.2, -0.15) is 0 Å². The van der Waals surface area contributed by atoms with Crippen LogP contribution in [0.25, 0.3) is 17.1 Å². The van der Waals surface area contributed by atoms with E-state index in [4.69, 9.17) is 4.74 Å². The molecule has 0 aliphatic carbocycles. The fourth-order valence-corrected chi connectivity index (χ4v) is 2.18. The van der Waals surface area contributed by atoms with E-state index >= 15 is 0 Å². The van der Waals surface area contributed by atoms with E-state index in [1.165, 1.54) is 25.3 Å². The lowest BCUT2D eigenvalue weighted by Crippen LogP contribution is -1.95. The summed E-state index contributed by atoms with van der Waals surface area (Å²) in [6, 6.07) is 10.1. The molecule has 3 aromatic rings. The summed E-state index contributed by atoms with van der Waals surface area (Å²) in [7, 11) is 1.44. The topological polar surface area (TPSA) is 72.3 Å². The monoisotopic (exact) mass is 306 g/mol. The molecular formula is C18H14N2O3. The summed E-state index contributed by atoms with van der Waals surface area (Å²) >= 11 is 0. The summed E-state index contributed by atoms with van der Waals surface area (Å²) in [5.41, 5.74) is 2.88. The number of benzene rings is 2. The molecule has 0 bridgehead atoms. The van der Waals surface area contributed by atoms with Gasteiger partial charge in [0.25, 0.3) is 0 Å². The number of methoxy groups -OCH3 is 1. The van der Waals surface area contributed by atoms with Crippen LogP contribution in [0.15, 0.2) is 54.9 Å². The maximum absolute atomic E-state index is 12.2. The predicted octanol–water partition coefficient (Wildman–Crippen LogP) is 3.24. The van der Waals surface area contributed by atoms with Crippen LogP contribution in [0.2, 0.25) is 0 Å². The molecule has 0 spiro atoms.